The molecule has 4 nitrogen and oxygen atoms in total. The SMILES string of the molecule is COc1ccc(NC2CCS(=O)CC2)nc1. The molecule has 0 aliphatic carbocycles. The van der Waals surface area contributed by atoms with E-state index in [1.165, 1.54) is 0 Å². The van der Waals surface area contributed by atoms with Crippen molar-refractivity contribution in [2.24, 2.45) is 0 Å². The molecule has 0 atom stereocenters. The van der Waals surface area contributed by atoms with Gasteiger partial charge in [-0.1, -0.05) is 0 Å². The van der Waals surface area contributed by atoms with E-state index in [1.807, 2.05) is 12.1 Å². The number of nitrogens with one attached hydrogen (secondary N) is 1. The summed E-state index contributed by atoms with van der Waals surface area (Å²) < 4.78 is 16.2. The van der Waals surface area contributed by atoms with Crippen molar-refractivity contribution in [2.75, 3.05) is 23.9 Å². The van der Waals surface area contributed by atoms with Crippen molar-refractivity contribution in [2.45, 2.75) is 18.9 Å². The van der Waals surface area contributed by atoms with E-state index in [2.05, 4.69) is 10.3 Å². The summed E-state index contributed by atoms with van der Waals surface area (Å²) in [4.78, 5) is 4.25. The van der Waals surface area contributed by atoms with Gasteiger partial charge < -0.3 is 10.1 Å². The molecule has 2 heterocycles. The van der Waals surface area contributed by atoms with Gasteiger partial charge in [0.1, 0.15) is 11.6 Å². The second-order valence-electron chi connectivity index (χ2n) is 3.85. The highest BCUT2D eigenvalue weighted by Gasteiger charge is 2.17. The molecule has 0 aromatic carbocycles. The number of hydrogen-bond acceptors (Lipinski definition) is 4. The molecule has 5 heteroatoms. The molecular formula is C11H16N2O2S. The predicted molar refractivity (Wildman–Crippen MR) is 65.3 cm³/mol. The Kier molecular flexibility index (Phi) is 3.77. The zero-order valence-electron chi connectivity index (χ0n) is 9.31. The fourth-order valence-electron chi connectivity index (χ4n) is 1.73. The van der Waals surface area contributed by atoms with E-state index in [0.717, 1.165) is 35.9 Å². The normalized spacial score (nSPS) is 25.1. The standard InChI is InChI=1S/C11H16N2O2S/c1-15-10-2-3-11(12-8-10)13-9-4-6-16(14)7-5-9/h2-3,8-9H,4-7H2,1H3,(H,12,13). The Labute approximate surface area is 97.9 Å². The van der Waals surface area contributed by atoms with Gasteiger partial charge in [-0.3, -0.25) is 4.21 Å². The second kappa shape index (κ2) is 5.30. The van der Waals surface area contributed by atoms with E-state index >= 15 is 0 Å². The monoisotopic (exact) mass is 240 g/mol. The first kappa shape index (κ1) is 11.4. The predicted octanol–water partition coefficient (Wildman–Crippen LogP) is 1.41. The van der Waals surface area contributed by atoms with Gasteiger partial charge in [-0.2, -0.15) is 0 Å². The second-order valence-corrected chi connectivity index (χ2v) is 5.55. The maximum atomic E-state index is 11.2. The fraction of sp³-hybridized carbons (Fsp3) is 0.545. The topological polar surface area (TPSA) is 51.2 Å². The lowest BCUT2D eigenvalue weighted by Crippen LogP contribution is -2.29. The lowest BCUT2D eigenvalue weighted by Gasteiger charge is -2.22. The minimum atomic E-state index is -0.604. The van der Waals surface area contributed by atoms with Crippen molar-refractivity contribution in [1.29, 1.82) is 0 Å². The van der Waals surface area contributed by atoms with Crippen molar-refractivity contribution in [3.05, 3.63) is 18.3 Å². The van der Waals surface area contributed by atoms with Crippen LogP contribution in [0.4, 0.5) is 5.82 Å². The molecule has 0 amide bonds. The Bertz CT molecular complexity index is 357. The van der Waals surface area contributed by atoms with Gasteiger partial charge in [0.05, 0.1) is 13.3 Å². The van der Waals surface area contributed by atoms with Crippen LogP contribution in [0.25, 0.3) is 0 Å². The van der Waals surface area contributed by atoms with Crippen molar-refractivity contribution >= 4 is 16.6 Å². The zero-order valence-corrected chi connectivity index (χ0v) is 10.1. The van der Waals surface area contributed by atoms with Crippen molar-refractivity contribution in [3.8, 4) is 5.75 Å². The molecule has 16 heavy (non-hydrogen) atoms. The molecule has 0 radical (unpaired) electrons. The molecule has 1 aromatic heterocycles. The van der Waals surface area contributed by atoms with Crippen LogP contribution in [0.3, 0.4) is 0 Å². The molecule has 2 rings (SSSR count). The van der Waals surface area contributed by atoms with Gasteiger partial charge in [-0.15, -0.1) is 0 Å². The number of anilines is 1. The van der Waals surface area contributed by atoms with Crippen LogP contribution < -0.4 is 10.1 Å². The van der Waals surface area contributed by atoms with E-state index in [9.17, 15) is 4.21 Å². The van der Waals surface area contributed by atoms with E-state index in [4.69, 9.17) is 4.74 Å². The molecule has 1 aliphatic rings. The smallest absolute Gasteiger partial charge is 0.137 e. The van der Waals surface area contributed by atoms with Gasteiger partial charge >= 0.3 is 0 Å². The Morgan fingerprint density at radius 2 is 2.19 bits per heavy atom. The van der Waals surface area contributed by atoms with Crippen LogP contribution >= 0.6 is 0 Å². The molecule has 1 N–H and O–H groups in total. The van der Waals surface area contributed by atoms with E-state index < -0.39 is 10.8 Å². The van der Waals surface area contributed by atoms with Crippen LogP contribution in [0.15, 0.2) is 18.3 Å². The van der Waals surface area contributed by atoms with Gasteiger partial charge in [0.2, 0.25) is 0 Å². The van der Waals surface area contributed by atoms with E-state index in [0.29, 0.717) is 6.04 Å². The fourth-order valence-corrected chi connectivity index (χ4v) is 3.03. The molecule has 1 aliphatic heterocycles. The van der Waals surface area contributed by atoms with Gasteiger partial charge in [-0.25, -0.2) is 4.98 Å². The molecular weight excluding hydrogens is 224 g/mol. The van der Waals surface area contributed by atoms with Gasteiger partial charge in [0.15, 0.2) is 0 Å². The molecule has 0 bridgehead atoms. The van der Waals surface area contributed by atoms with Gasteiger partial charge in [0, 0.05) is 28.3 Å². The summed E-state index contributed by atoms with van der Waals surface area (Å²) in [5.74, 6) is 3.22. The first-order valence-corrected chi connectivity index (χ1v) is 6.88. The minimum Gasteiger partial charge on any atom is -0.495 e. The lowest BCUT2D eigenvalue weighted by atomic mass is 10.1. The average molecular weight is 240 g/mol. The number of aromatic nitrogens is 1. The summed E-state index contributed by atoms with van der Waals surface area (Å²) in [5.41, 5.74) is 0. The van der Waals surface area contributed by atoms with Crippen LogP contribution in [0.5, 0.6) is 5.75 Å². The van der Waals surface area contributed by atoms with E-state index in [-0.39, 0.29) is 0 Å². The number of methoxy groups -OCH3 is 1. The third-order valence-electron chi connectivity index (χ3n) is 2.71. The van der Waals surface area contributed by atoms with Crippen molar-refractivity contribution < 1.29 is 8.95 Å². The molecule has 88 valence electrons. The van der Waals surface area contributed by atoms with Crippen LogP contribution in [-0.4, -0.2) is 33.9 Å². The maximum absolute atomic E-state index is 11.2. The largest absolute Gasteiger partial charge is 0.495 e. The van der Waals surface area contributed by atoms with Crippen LogP contribution in [0, 0.1) is 0 Å². The molecule has 0 saturated carbocycles. The van der Waals surface area contributed by atoms with Crippen LogP contribution in [0.2, 0.25) is 0 Å². The number of pyridine rings is 1. The number of rotatable bonds is 3. The molecule has 0 unspecified atom stereocenters. The van der Waals surface area contributed by atoms with Gasteiger partial charge in [0.25, 0.3) is 0 Å². The number of ether oxygens (including phenoxy) is 1. The lowest BCUT2D eigenvalue weighted by molar-refractivity contribution is 0.413. The first-order chi connectivity index (χ1) is 7.78. The molecule has 1 fully saturated rings. The molecule has 1 aromatic rings. The highest BCUT2D eigenvalue weighted by molar-refractivity contribution is 7.85. The minimum absolute atomic E-state index is 0.401. The Balaban J connectivity index is 1.90. The summed E-state index contributed by atoms with van der Waals surface area (Å²) in [7, 11) is 1.02. The first-order valence-electron chi connectivity index (χ1n) is 5.39. The van der Waals surface area contributed by atoms with Crippen molar-refractivity contribution in [3.63, 3.8) is 0 Å². The number of nitrogens with zero attached hydrogens (tertiary/aromatic N) is 1. The summed E-state index contributed by atoms with van der Waals surface area (Å²) in [6.45, 7) is 0. The van der Waals surface area contributed by atoms with Crippen molar-refractivity contribution in [1.82, 2.24) is 4.98 Å². The Hall–Kier alpha value is -1.10. The summed E-state index contributed by atoms with van der Waals surface area (Å²) in [5, 5.41) is 3.35. The van der Waals surface area contributed by atoms with Crippen LogP contribution in [0.1, 0.15) is 12.8 Å². The number of hydrogen-bond donors (Lipinski definition) is 1. The Morgan fingerprint density at radius 1 is 1.44 bits per heavy atom. The third-order valence-corrected chi connectivity index (χ3v) is 4.09. The quantitative estimate of drug-likeness (QED) is 0.868. The maximum Gasteiger partial charge on any atom is 0.137 e. The molecule has 1 saturated heterocycles. The highest BCUT2D eigenvalue weighted by Crippen LogP contribution is 2.16. The highest BCUT2D eigenvalue weighted by atomic mass is 32.2. The van der Waals surface area contributed by atoms with E-state index in [1.54, 1.807) is 13.3 Å². The average Bonchev–Trinajstić information content (AvgIpc) is 2.33. The molecule has 0 spiro atoms. The van der Waals surface area contributed by atoms with Gasteiger partial charge in [-0.05, 0) is 25.0 Å². The summed E-state index contributed by atoms with van der Waals surface area (Å²) >= 11 is 0. The summed E-state index contributed by atoms with van der Waals surface area (Å²) in [6, 6.07) is 4.19. The zero-order chi connectivity index (χ0) is 11.4. The van der Waals surface area contributed by atoms with Crippen LogP contribution in [-0.2, 0) is 10.8 Å². The summed E-state index contributed by atoms with van der Waals surface area (Å²) in [6.07, 6.45) is 3.62. The Morgan fingerprint density at radius 3 is 2.75 bits per heavy atom. The third kappa shape index (κ3) is 2.95.